The molecule has 23 heavy (non-hydrogen) atoms. The van der Waals surface area contributed by atoms with Crippen molar-refractivity contribution in [2.45, 2.75) is 18.9 Å². The van der Waals surface area contributed by atoms with Gasteiger partial charge in [0.05, 0.1) is 6.54 Å². The van der Waals surface area contributed by atoms with Crippen LogP contribution in [-0.4, -0.2) is 38.8 Å². The Morgan fingerprint density at radius 2 is 2.17 bits per heavy atom. The zero-order valence-electron chi connectivity index (χ0n) is 12.5. The molecule has 0 saturated carbocycles. The summed E-state index contributed by atoms with van der Waals surface area (Å²) >= 11 is 0. The number of ether oxygens (including phenoxy) is 1. The molecule has 1 fully saturated rings. The number of halogens is 1. The quantitative estimate of drug-likeness (QED) is 0.743. The van der Waals surface area contributed by atoms with Gasteiger partial charge in [0, 0.05) is 12.7 Å². The molecule has 0 N–H and O–H groups in total. The molecule has 3 aromatic rings. The first-order valence-corrected chi connectivity index (χ1v) is 7.62. The van der Waals surface area contributed by atoms with Crippen LogP contribution in [0.4, 0.5) is 10.2 Å². The van der Waals surface area contributed by atoms with E-state index >= 15 is 0 Å². The third-order valence-electron chi connectivity index (χ3n) is 4.02. The van der Waals surface area contributed by atoms with Crippen molar-refractivity contribution in [2.24, 2.45) is 0 Å². The monoisotopic (exact) mass is 313 g/mol. The Kier molecular flexibility index (Phi) is 3.53. The summed E-state index contributed by atoms with van der Waals surface area (Å²) in [6, 6.07) is 8.82. The van der Waals surface area contributed by atoms with Gasteiger partial charge < -0.3 is 9.64 Å². The Labute approximate surface area is 132 Å². The van der Waals surface area contributed by atoms with Crippen molar-refractivity contribution in [3.63, 3.8) is 0 Å². The second-order valence-electron chi connectivity index (χ2n) is 5.56. The van der Waals surface area contributed by atoms with E-state index in [2.05, 4.69) is 20.1 Å². The highest BCUT2D eigenvalue weighted by Crippen LogP contribution is 2.23. The zero-order valence-corrected chi connectivity index (χ0v) is 12.5. The standard InChI is InChI=1S/C16H16FN5O/c17-13-5-2-8-18-16(13)23-12-4-3-9-21(10-12)15-7-1-6-14-20-19-11-22(14)15/h1-2,5-8,11-12H,3-4,9-10H2. The summed E-state index contributed by atoms with van der Waals surface area (Å²) in [4.78, 5) is 6.18. The SMILES string of the molecule is Fc1cccnc1OC1CCCN(c2cccc3nncn23)C1. The maximum Gasteiger partial charge on any atom is 0.250 e. The molecule has 0 radical (unpaired) electrons. The highest BCUT2D eigenvalue weighted by Gasteiger charge is 2.24. The Balaban J connectivity index is 1.55. The number of nitrogens with zero attached hydrogens (tertiary/aromatic N) is 5. The molecule has 7 heteroatoms. The molecular weight excluding hydrogens is 297 g/mol. The molecule has 0 aliphatic carbocycles. The Bertz CT molecular complexity index is 821. The summed E-state index contributed by atoms with van der Waals surface area (Å²) in [6.07, 6.45) is 4.99. The number of pyridine rings is 2. The molecule has 1 unspecified atom stereocenters. The predicted molar refractivity (Wildman–Crippen MR) is 83.0 cm³/mol. The summed E-state index contributed by atoms with van der Waals surface area (Å²) in [5.74, 6) is 0.662. The van der Waals surface area contributed by atoms with Gasteiger partial charge in [-0.15, -0.1) is 10.2 Å². The van der Waals surface area contributed by atoms with Gasteiger partial charge in [0.15, 0.2) is 11.5 Å². The van der Waals surface area contributed by atoms with Crippen LogP contribution in [0.15, 0.2) is 42.9 Å². The van der Waals surface area contributed by atoms with Gasteiger partial charge >= 0.3 is 0 Å². The third kappa shape index (κ3) is 2.69. The van der Waals surface area contributed by atoms with Crippen LogP contribution in [0.3, 0.4) is 0 Å². The molecule has 4 heterocycles. The van der Waals surface area contributed by atoms with E-state index in [9.17, 15) is 4.39 Å². The first kappa shape index (κ1) is 13.9. The van der Waals surface area contributed by atoms with Crippen molar-refractivity contribution >= 4 is 11.5 Å². The number of anilines is 1. The second-order valence-corrected chi connectivity index (χ2v) is 5.56. The van der Waals surface area contributed by atoms with Crippen LogP contribution in [0, 0.1) is 5.82 Å². The Morgan fingerprint density at radius 3 is 3.09 bits per heavy atom. The van der Waals surface area contributed by atoms with E-state index in [1.54, 1.807) is 12.4 Å². The smallest absolute Gasteiger partial charge is 0.250 e. The number of hydrogen-bond donors (Lipinski definition) is 0. The number of rotatable bonds is 3. The molecule has 0 amide bonds. The van der Waals surface area contributed by atoms with Crippen LogP contribution >= 0.6 is 0 Å². The third-order valence-corrected chi connectivity index (χ3v) is 4.02. The van der Waals surface area contributed by atoms with Crippen molar-refractivity contribution in [1.29, 1.82) is 0 Å². The molecule has 1 aliphatic heterocycles. The van der Waals surface area contributed by atoms with Crippen LogP contribution in [-0.2, 0) is 0 Å². The van der Waals surface area contributed by atoms with E-state index in [0.717, 1.165) is 30.9 Å². The molecule has 0 spiro atoms. The molecule has 1 atom stereocenters. The van der Waals surface area contributed by atoms with Crippen LogP contribution in [0.5, 0.6) is 5.88 Å². The molecule has 6 nitrogen and oxygen atoms in total. The van der Waals surface area contributed by atoms with Crippen molar-refractivity contribution in [1.82, 2.24) is 19.6 Å². The second kappa shape index (κ2) is 5.83. The molecule has 118 valence electrons. The molecule has 1 saturated heterocycles. The fourth-order valence-corrected chi connectivity index (χ4v) is 2.95. The lowest BCUT2D eigenvalue weighted by Gasteiger charge is -2.34. The van der Waals surface area contributed by atoms with Crippen molar-refractivity contribution in [3.8, 4) is 5.88 Å². The Morgan fingerprint density at radius 1 is 1.22 bits per heavy atom. The van der Waals surface area contributed by atoms with Crippen LogP contribution in [0.2, 0.25) is 0 Å². The number of fused-ring (bicyclic) bond motifs is 1. The lowest BCUT2D eigenvalue weighted by Crippen LogP contribution is -2.42. The molecule has 1 aliphatic rings. The van der Waals surface area contributed by atoms with Gasteiger partial charge in [-0.3, -0.25) is 4.40 Å². The molecular formula is C16H16FN5O. The van der Waals surface area contributed by atoms with E-state index in [4.69, 9.17) is 4.74 Å². The van der Waals surface area contributed by atoms with E-state index in [-0.39, 0.29) is 12.0 Å². The van der Waals surface area contributed by atoms with E-state index in [0.29, 0.717) is 6.54 Å². The van der Waals surface area contributed by atoms with Crippen LogP contribution in [0.25, 0.3) is 5.65 Å². The van der Waals surface area contributed by atoms with Crippen LogP contribution in [0.1, 0.15) is 12.8 Å². The minimum atomic E-state index is -0.425. The lowest BCUT2D eigenvalue weighted by molar-refractivity contribution is 0.164. The first-order valence-electron chi connectivity index (χ1n) is 7.62. The predicted octanol–water partition coefficient (Wildman–Crippen LogP) is 2.31. The maximum absolute atomic E-state index is 13.7. The Hall–Kier alpha value is -2.70. The van der Waals surface area contributed by atoms with Gasteiger partial charge in [-0.2, -0.15) is 0 Å². The van der Waals surface area contributed by atoms with Crippen LogP contribution < -0.4 is 9.64 Å². The minimum Gasteiger partial charge on any atom is -0.470 e. The average Bonchev–Trinajstić information content (AvgIpc) is 3.06. The highest BCUT2D eigenvalue weighted by molar-refractivity contribution is 5.50. The largest absolute Gasteiger partial charge is 0.470 e. The van der Waals surface area contributed by atoms with Gasteiger partial charge in [-0.1, -0.05) is 6.07 Å². The van der Waals surface area contributed by atoms with Gasteiger partial charge in [-0.25, -0.2) is 9.37 Å². The lowest BCUT2D eigenvalue weighted by atomic mass is 10.1. The van der Waals surface area contributed by atoms with E-state index in [1.165, 1.54) is 12.3 Å². The average molecular weight is 313 g/mol. The molecule has 4 rings (SSSR count). The summed E-state index contributed by atoms with van der Waals surface area (Å²) in [5.41, 5.74) is 0.807. The molecule has 3 aromatic heterocycles. The number of hydrogen-bond acceptors (Lipinski definition) is 5. The summed E-state index contributed by atoms with van der Waals surface area (Å²) < 4.78 is 21.4. The number of piperidine rings is 1. The maximum atomic E-state index is 13.7. The van der Waals surface area contributed by atoms with Crippen molar-refractivity contribution in [3.05, 3.63) is 48.7 Å². The fourth-order valence-electron chi connectivity index (χ4n) is 2.95. The molecule has 0 bridgehead atoms. The van der Waals surface area contributed by atoms with Crippen molar-refractivity contribution < 1.29 is 9.13 Å². The van der Waals surface area contributed by atoms with E-state index < -0.39 is 5.82 Å². The molecule has 0 aromatic carbocycles. The first-order chi connectivity index (χ1) is 11.3. The zero-order chi connectivity index (χ0) is 15.6. The van der Waals surface area contributed by atoms with Crippen molar-refractivity contribution in [2.75, 3.05) is 18.0 Å². The summed E-state index contributed by atoms with van der Waals surface area (Å²) in [5, 5.41) is 8.02. The van der Waals surface area contributed by atoms with Gasteiger partial charge in [0.2, 0.25) is 0 Å². The topological polar surface area (TPSA) is 55.5 Å². The van der Waals surface area contributed by atoms with Gasteiger partial charge in [-0.05, 0) is 37.1 Å². The van der Waals surface area contributed by atoms with Gasteiger partial charge in [0.1, 0.15) is 18.2 Å². The fraction of sp³-hybridized carbons (Fsp3) is 0.312. The minimum absolute atomic E-state index is 0.0712. The normalized spacial score (nSPS) is 18.3. The number of aromatic nitrogens is 4. The summed E-state index contributed by atoms with van der Waals surface area (Å²) in [6.45, 7) is 1.59. The van der Waals surface area contributed by atoms with Gasteiger partial charge in [0.25, 0.3) is 5.88 Å². The summed E-state index contributed by atoms with van der Waals surface area (Å²) in [7, 11) is 0. The van der Waals surface area contributed by atoms with E-state index in [1.807, 2.05) is 22.6 Å². The highest BCUT2D eigenvalue weighted by atomic mass is 19.1.